The van der Waals surface area contributed by atoms with Gasteiger partial charge in [0.15, 0.2) is 0 Å². The summed E-state index contributed by atoms with van der Waals surface area (Å²) in [5.41, 5.74) is 2.57. The minimum absolute atomic E-state index is 0.00310. The maximum atomic E-state index is 13.5. The van der Waals surface area contributed by atoms with Gasteiger partial charge in [0.2, 0.25) is 0 Å². The molecule has 2 aromatic carbocycles. The Kier molecular flexibility index (Phi) is 7.05. The summed E-state index contributed by atoms with van der Waals surface area (Å²) >= 11 is 0. The van der Waals surface area contributed by atoms with Gasteiger partial charge in [0.1, 0.15) is 0 Å². The van der Waals surface area contributed by atoms with Gasteiger partial charge < -0.3 is 25.0 Å². The number of benzene rings is 2. The minimum Gasteiger partial charge on any atom is -0.483 e. The van der Waals surface area contributed by atoms with Crippen LogP contribution in [0.4, 0.5) is 0 Å². The standard InChI is InChI=1S/C26H31N3O2.CH2O2/c1-3-14-28(2)15-21-23(18-8-5-4-6-9-18)26(21)17-29(16-22(26)30)25(31)20-11-7-10-19-12-13-27-24(19)20;2-1-3/h4-13,21-23,27,30H,3,14-17H2,1-2H3;1H,(H,2,3)/t21-,22-,23-,26-;/m1./s1. The number of rotatable bonds is 6. The SMILES string of the molecule is CCCN(C)C[C@@H]1[C@@H](c2ccccc2)[C@]12CN(C(=O)c1cccc3cc[nH]c13)C[C@H]2O.O=CO. The molecule has 1 spiro atoms. The molecule has 7 nitrogen and oxygen atoms in total. The molecule has 2 aliphatic rings. The Bertz CT molecular complexity index is 1130. The number of aromatic amines is 1. The molecule has 0 radical (unpaired) electrons. The zero-order valence-electron chi connectivity index (χ0n) is 19.7. The molecule has 0 unspecified atom stereocenters. The number of hydrogen-bond acceptors (Lipinski definition) is 4. The Morgan fingerprint density at radius 1 is 1.21 bits per heavy atom. The molecule has 3 N–H and O–H groups in total. The number of carboxylic acid groups (broad SMARTS) is 1. The number of para-hydroxylation sites is 1. The lowest BCUT2D eigenvalue weighted by atomic mass is 9.95. The summed E-state index contributed by atoms with van der Waals surface area (Å²) in [6, 6.07) is 18.3. The molecule has 2 heterocycles. The summed E-state index contributed by atoms with van der Waals surface area (Å²) in [7, 11) is 2.16. The lowest BCUT2D eigenvalue weighted by Crippen LogP contribution is -2.30. The average Bonchev–Trinajstić information content (AvgIpc) is 3.12. The minimum atomic E-state index is -0.510. The van der Waals surface area contributed by atoms with Crippen molar-refractivity contribution in [2.75, 3.05) is 33.2 Å². The largest absolute Gasteiger partial charge is 0.483 e. The van der Waals surface area contributed by atoms with Crippen LogP contribution in [0.1, 0.15) is 35.2 Å². The van der Waals surface area contributed by atoms with Gasteiger partial charge in [-0.2, -0.15) is 0 Å². The summed E-state index contributed by atoms with van der Waals surface area (Å²) in [5.74, 6) is 0.631. The summed E-state index contributed by atoms with van der Waals surface area (Å²) in [6.45, 7) is 4.93. The number of aliphatic hydroxyl groups excluding tert-OH is 1. The highest BCUT2D eigenvalue weighted by Crippen LogP contribution is 2.69. The topological polar surface area (TPSA) is 96.9 Å². The number of nitrogens with zero attached hydrogens (tertiary/aromatic N) is 2. The highest BCUT2D eigenvalue weighted by Gasteiger charge is 2.71. The quantitative estimate of drug-likeness (QED) is 0.487. The molecule has 7 heteroatoms. The number of β-amino-alcohol motifs (C(OH)–C–C–N with tert-alkyl or cyclic N) is 1. The number of carbonyl (C=O) groups excluding carboxylic acids is 1. The Labute approximate surface area is 200 Å². The van der Waals surface area contributed by atoms with E-state index in [1.165, 1.54) is 5.56 Å². The van der Waals surface area contributed by atoms with Crippen molar-refractivity contribution >= 4 is 23.3 Å². The Hall–Kier alpha value is -3.16. The van der Waals surface area contributed by atoms with Gasteiger partial charge >= 0.3 is 0 Å². The number of carbonyl (C=O) groups is 2. The number of H-pyrrole nitrogens is 1. The van der Waals surface area contributed by atoms with E-state index < -0.39 is 6.10 Å². The normalized spacial score (nSPS) is 25.4. The molecule has 1 aromatic heterocycles. The third-order valence-electron chi connectivity index (χ3n) is 7.42. The van der Waals surface area contributed by atoms with Gasteiger partial charge in [-0.25, -0.2) is 0 Å². The third kappa shape index (κ3) is 4.21. The van der Waals surface area contributed by atoms with Crippen molar-refractivity contribution in [3.63, 3.8) is 0 Å². The second kappa shape index (κ2) is 9.99. The molecule has 1 aliphatic heterocycles. The number of nitrogens with one attached hydrogen (secondary N) is 1. The van der Waals surface area contributed by atoms with Gasteiger partial charge in [-0.05, 0) is 49.5 Å². The predicted octanol–water partition coefficient (Wildman–Crippen LogP) is 3.43. The van der Waals surface area contributed by atoms with E-state index in [2.05, 4.69) is 48.1 Å². The van der Waals surface area contributed by atoms with Gasteiger partial charge in [-0.3, -0.25) is 9.59 Å². The fourth-order valence-corrected chi connectivity index (χ4v) is 5.97. The van der Waals surface area contributed by atoms with Crippen molar-refractivity contribution in [3.05, 3.63) is 71.9 Å². The maximum absolute atomic E-state index is 13.5. The fraction of sp³-hybridized carbons (Fsp3) is 0.407. The van der Waals surface area contributed by atoms with Gasteiger partial charge in [0, 0.05) is 36.6 Å². The number of hydrogen-bond donors (Lipinski definition) is 3. The molecule has 1 aliphatic carbocycles. The van der Waals surface area contributed by atoms with Crippen molar-refractivity contribution < 1.29 is 19.8 Å². The zero-order valence-corrected chi connectivity index (χ0v) is 19.7. The van der Waals surface area contributed by atoms with Crippen LogP contribution in [0.15, 0.2) is 60.8 Å². The fourth-order valence-electron chi connectivity index (χ4n) is 5.97. The number of aliphatic hydroxyl groups is 1. The van der Waals surface area contributed by atoms with E-state index in [4.69, 9.17) is 9.90 Å². The van der Waals surface area contributed by atoms with Crippen molar-refractivity contribution in [3.8, 4) is 0 Å². The van der Waals surface area contributed by atoms with Crippen molar-refractivity contribution in [2.24, 2.45) is 11.3 Å². The maximum Gasteiger partial charge on any atom is 0.290 e. The Morgan fingerprint density at radius 2 is 1.94 bits per heavy atom. The summed E-state index contributed by atoms with van der Waals surface area (Å²) in [6.07, 6.45) is 2.47. The summed E-state index contributed by atoms with van der Waals surface area (Å²) in [5, 5.41) is 19.2. The van der Waals surface area contributed by atoms with Crippen molar-refractivity contribution in [1.29, 1.82) is 0 Å². The van der Waals surface area contributed by atoms with Crippen LogP contribution in [-0.2, 0) is 4.79 Å². The van der Waals surface area contributed by atoms with Crippen LogP contribution in [0, 0.1) is 11.3 Å². The summed E-state index contributed by atoms with van der Waals surface area (Å²) in [4.78, 5) is 29.3. The summed E-state index contributed by atoms with van der Waals surface area (Å²) < 4.78 is 0. The molecule has 180 valence electrons. The van der Waals surface area contributed by atoms with Crippen molar-refractivity contribution in [2.45, 2.75) is 25.4 Å². The molecule has 1 saturated carbocycles. The first-order valence-electron chi connectivity index (χ1n) is 11.8. The third-order valence-corrected chi connectivity index (χ3v) is 7.42. The first-order valence-corrected chi connectivity index (χ1v) is 11.8. The molecule has 2 fully saturated rings. The predicted molar refractivity (Wildman–Crippen MR) is 132 cm³/mol. The highest BCUT2D eigenvalue weighted by atomic mass is 16.3. The molecule has 4 atom stereocenters. The number of likely N-dealkylation sites (tertiary alicyclic amines) is 1. The first-order chi connectivity index (χ1) is 16.5. The van der Waals surface area contributed by atoms with E-state index in [1.54, 1.807) is 0 Å². The van der Waals surface area contributed by atoms with Crippen LogP contribution in [0.3, 0.4) is 0 Å². The van der Waals surface area contributed by atoms with Crippen LogP contribution >= 0.6 is 0 Å². The lowest BCUT2D eigenvalue weighted by Gasteiger charge is -2.19. The van der Waals surface area contributed by atoms with Crippen LogP contribution in [0.2, 0.25) is 0 Å². The second-order valence-corrected chi connectivity index (χ2v) is 9.42. The smallest absolute Gasteiger partial charge is 0.290 e. The molecule has 1 saturated heterocycles. The van der Waals surface area contributed by atoms with Crippen LogP contribution < -0.4 is 0 Å². The first kappa shape index (κ1) is 24.0. The lowest BCUT2D eigenvalue weighted by molar-refractivity contribution is -0.122. The van der Waals surface area contributed by atoms with Gasteiger partial charge in [-0.15, -0.1) is 0 Å². The van der Waals surface area contributed by atoms with Crippen LogP contribution in [0.25, 0.3) is 10.9 Å². The molecule has 34 heavy (non-hydrogen) atoms. The average molecular weight is 464 g/mol. The zero-order chi connectivity index (χ0) is 24.3. The molecule has 5 rings (SSSR count). The Balaban J connectivity index is 0.000000868. The van der Waals surface area contributed by atoms with E-state index in [0.29, 0.717) is 24.6 Å². The van der Waals surface area contributed by atoms with Crippen molar-refractivity contribution in [1.82, 2.24) is 14.8 Å². The molecule has 0 bridgehead atoms. The van der Waals surface area contributed by atoms with E-state index in [1.807, 2.05) is 41.4 Å². The second-order valence-electron chi connectivity index (χ2n) is 9.42. The monoisotopic (exact) mass is 463 g/mol. The molecule has 1 amide bonds. The van der Waals surface area contributed by atoms with E-state index in [9.17, 15) is 9.90 Å². The van der Waals surface area contributed by atoms with Crippen LogP contribution in [0.5, 0.6) is 0 Å². The van der Waals surface area contributed by atoms with E-state index >= 15 is 0 Å². The molecular formula is C27H33N3O4. The highest BCUT2D eigenvalue weighted by molar-refractivity contribution is 6.05. The van der Waals surface area contributed by atoms with E-state index in [-0.39, 0.29) is 23.7 Å². The van der Waals surface area contributed by atoms with Crippen LogP contribution in [-0.4, -0.2) is 76.7 Å². The van der Waals surface area contributed by atoms with Gasteiger partial charge in [0.05, 0.1) is 17.2 Å². The van der Waals surface area contributed by atoms with E-state index in [0.717, 1.165) is 30.4 Å². The van der Waals surface area contributed by atoms with Gasteiger partial charge in [0.25, 0.3) is 12.4 Å². The number of fused-ring (bicyclic) bond motifs is 1. The Morgan fingerprint density at radius 3 is 2.65 bits per heavy atom. The molecule has 3 aromatic rings. The molecular weight excluding hydrogens is 430 g/mol. The number of amides is 1. The number of aromatic nitrogens is 1. The van der Waals surface area contributed by atoms with Gasteiger partial charge in [-0.1, -0.05) is 49.4 Å².